The summed E-state index contributed by atoms with van der Waals surface area (Å²) in [5.74, 6) is -12.3. The molecule has 0 aliphatic heterocycles. The number of hydrogen-bond acceptors (Lipinski definition) is 2. The Morgan fingerprint density at radius 3 is 1.60 bits per heavy atom. The van der Waals surface area contributed by atoms with Gasteiger partial charge in [0.15, 0.2) is 0 Å². The van der Waals surface area contributed by atoms with E-state index in [9.17, 15) is 22.0 Å². The SMILES string of the molecule is C=COOc1c(F)c(F)c(F)c(F)c1F. The summed E-state index contributed by atoms with van der Waals surface area (Å²) in [6.45, 7) is 2.94. The van der Waals surface area contributed by atoms with Gasteiger partial charge in [0.2, 0.25) is 29.1 Å². The van der Waals surface area contributed by atoms with E-state index in [-0.39, 0.29) is 0 Å². The summed E-state index contributed by atoms with van der Waals surface area (Å²) < 4.78 is 63.0. The average molecular weight is 226 g/mol. The van der Waals surface area contributed by atoms with E-state index in [1.54, 1.807) is 0 Å². The third kappa shape index (κ3) is 1.85. The van der Waals surface area contributed by atoms with Crippen molar-refractivity contribution in [1.29, 1.82) is 0 Å². The highest BCUT2D eigenvalue weighted by Gasteiger charge is 2.28. The minimum Gasteiger partial charge on any atom is -0.298 e. The molecule has 1 rings (SSSR count). The Kier molecular flexibility index (Phi) is 3.13. The van der Waals surface area contributed by atoms with Gasteiger partial charge in [0.1, 0.15) is 6.26 Å². The fourth-order valence-electron chi connectivity index (χ4n) is 0.740. The second-order valence-corrected chi connectivity index (χ2v) is 2.25. The molecule has 0 saturated heterocycles. The molecule has 82 valence electrons. The quantitative estimate of drug-likeness (QED) is 0.197. The third-order valence-corrected chi connectivity index (χ3v) is 1.37. The molecular formula is C8H3F5O2. The summed E-state index contributed by atoms with van der Waals surface area (Å²) >= 11 is 0. The van der Waals surface area contributed by atoms with Crippen molar-refractivity contribution in [3.63, 3.8) is 0 Å². The van der Waals surface area contributed by atoms with Crippen molar-refractivity contribution in [3.8, 4) is 5.75 Å². The Morgan fingerprint density at radius 1 is 0.800 bits per heavy atom. The highest BCUT2D eigenvalue weighted by Crippen LogP contribution is 2.29. The lowest BCUT2D eigenvalue weighted by Crippen LogP contribution is -2.05. The number of halogens is 5. The van der Waals surface area contributed by atoms with E-state index in [0.29, 0.717) is 6.26 Å². The van der Waals surface area contributed by atoms with Gasteiger partial charge in [0, 0.05) is 0 Å². The van der Waals surface area contributed by atoms with Gasteiger partial charge in [-0.15, -0.1) is 0 Å². The Labute approximate surface area is 80.5 Å². The van der Waals surface area contributed by atoms with Crippen LogP contribution in [0.4, 0.5) is 22.0 Å². The van der Waals surface area contributed by atoms with Crippen molar-refractivity contribution < 1.29 is 31.7 Å². The van der Waals surface area contributed by atoms with Crippen molar-refractivity contribution >= 4 is 0 Å². The molecule has 1 aromatic rings. The lowest BCUT2D eigenvalue weighted by Gasteiger charge is -2.06. The predicted octanol–water partition coefficient (Wildman–Crippen LogP) is 2.84. The molecule has 0 N–H and O–H groups in total. The van der Waals surface area contributed by atoms with Crippen LogP contribution in [0.5, 0.6) is 5.75 Å². The van der Waals surface area contributed by atoms with Crippen LogP contribution in [-0.4, -0.2) is 0 Å². The van der Waals surface area contributed by atoms with E-state index in [1.807, 2.05) is 0 Å². The van der Waals surface area contributed by atoms with Crippen LogP contribution in [0.15, 0.2) is 12.8 Å². The van der Waals surface area contributed by atoms with Crippen molar-refractivity contribution in [2.75, 3.05) is 0 Å². The molecule has 0 bridgehead atoms. The molecule has 2 nitrogen and oxygen atoms in total. The van der Waals surface area contributed by atoms with Crippen LogP contribution >= 0.6 is 0 Å². The van der Waals surface area contributed by atoms with Crippen LogP contribution in [0, 0.1) is 29.1 Å². The van der Waals surface area contributed by atoms with E-state index in [4.69, 9.17) is 0 Å². The van der Waals surface area contributed by atoms with Gasteiger partial charge in [-0.3, -0.25) is 9.78 Å². The lowest BCUT2D eigenvalue weighted by molar-refractivity contribution is -0.154. The van der Waals surface area contributed by atoms with Crippen molar-refractivity contribution in [3.05, 3.63) is 41.9 Å². The van der Waals surface area contributed by atoms with Gasteiger partial charge in [0.05, 0.1) is 0 Å². The fraction of sp³-hybridized carbons (Fsp3) is 0. The molecule has 15 heavy (non-hydrogen) atoms. The van der Waals surface area contributed by atoms with Gasteiger partial charge in [-0.25, -0.2) is 13.2 Å². The van der Waals surface area contributed by atoms with Gasteiger partial charge in [0.25, 0.3) is 5.75 Å². The minimum absolute atomic E-state index is 0.609. The van der Waals surface area contributed by atoms with Crippen molar-refractivity contribution in [2.45, 2.75) is 0 Å². The predicted molar refractivity (Wildman–Crippen MR) is 38.1 cm³/mol. The highest BCUT2D eigenvalue weighted by molar-refractivity contribution is 5.29. The summed E-state index contributed by atoms with van der Waals surface area (Å²) in [6, 6.07) is 0. The van der Waals surface area contributed by atoms with Crippen LogP contribution in [0.2, 0.25) is 0 Å². The maximum absolute atomic E-state index is 12.8. The normalized spacial score (nSPS) is 9.93. The fourth-order valence-corrected chi connectivity index (χ4v) is 0.740. The molecule has 0 amide bonds. The number of hydrogen-bond donors (Lipinski definition) is 0. The summed E-state index contributed by atoms with van der Waals surface area (Å²) in [7, 11) is 0. The number of benzene rings is 1. The van der Waals surface area contributed by atoms with Crippen molar-refractivity contribution in [1.82, 2.24) is 0 Å². The summed E-state index contributed by atoms with van der Waals surface area (Å²) in [6.07, 6.45) is 0.609. The highest BCUT2D eigenvalue weighted by atomic mass is 19.2. The Bertz CT molecular complexity index is 376. The summed E-state index contributed by atoms with van der Waals surface area (Å²) in [5.41, 5.74) is 0. The van der Waals surface area contributed by atoms with E-state index >= 15 is 0 Å². The first-order chi connectivity index (χ1) is 7.00. The standard InChI is InChI=1S/C8H3F5O2/c1-2-14-15-8-6(12)4(10)3(9)5(11)7(8)13/h2H,1H2. The van der Waals surface area contributed by atoms with E-state index in [2.05, 4.69) is 16.4 Å². The topological polar surface area (TPSA) is 18.5 Å². The monoisotopic (exact) mass is 226 g/mol. The average Bonchev–Trinajstić information content (AvgIpc) is 2.24. The van der Waals surface area contributed by atoms with Crippen LogP contribution in [0.1, 0.15) is 0 Å². The molecule has 0 fully saturated rings. The van der Waals surface area contributed by atoms with Crippen LogP contribution in [0.25, 0.3) is 0 Å². The van der Waals surface area contributed by atoms with Gasteiger partial charge in [-0.05, 0) is 0 Å². The van der Waals surface area contributed by atoms with E-state index < -0.39 is 34.8 Å². The van der Waals surface area contributed by atoms with Gasteiger partial charge in [-0.2, -0.15) is 8.78 Å². The maximum Gasteiger partial charge on any atom is 0.255 e. The first-order valence-electron chi connectivity index (χ1n) is 3.46. The Hall–Kier alpha value is -1.79. The molecule has 0 aliphatic carbocycles. The maximum atomic E-state index is 12.8. The first-order valence-corrected chi connectivity index (χ1v) is 3.46. The van der Waals surface area contributed by atoms with Gasteiger partial charge in [-0.1, -0.05) is 6.58 Å². The second kappa shape index (κ2) is 4.16. The van der Waals surface area contributed by atoms with Crippen LogP contribution in [0.3, 0.4) is 0 Å². The van der Waals surface area contributed by atoms with Crippen LogP contribution in [-0.2, 0) is 4.89 Å². The molecule has 0 unspecified atom stereocenters. The molecule has 0 heterocycles. The molecule has 0 radical (unpaired) electrons. The molecule has 0 saturated carbocycles. The zero-order valence-electron chi connectivity index (χ0n) is 6.99. The van der Waals surface area contributed by atoms with E-state index in [1.165, 1.54) is 0 Å². The smallest absolute Gasteiger partial charge is 0.255 e. The second-order valence-electron chi connectivity index (χ2n) is 2.25. The van der Waals surface area contributed by atoms with Gasteiger partial charge < -0.3 is 0 Å². The molecular weight excluding hydrogens is 223 g/mol. The molecule has 0 aromatic heterocycles. The van der Waals surface area contributed by atoms with E-state index in [0.717, 1.165) is 0 Å². The molecule has 7 heteroatoms. The minimum atomic E-state index is -2.27. The lowest BCUT2D eigenvalue weighted by atomic mass is 10.3. The Morgan fingerprint density at radius 2 is 1.20 bits per heavy atom. The molecule has 0 aliphatic rings. The third-order valence-electron chi connectivity index (χ3n) is 1.37. The zero-order valence-corrected chi connectivity index (χ0v) is 6.99. The summed E-state index contributed by atoms with van der Waals surface area (Å²) in [4.78, 5) is 7.68. The number of rotatable bonds is 3. The molecule has 0 atom stereocenters. The zero-order chi connectivity index (χ0) is 11.6. The first kappa shape index (κ1) is 11.3. The molecule has 1 aromatic carbocycles. The molecule has 0 spiro atoms. The van der Waals surface area contributed by atoms with Crippen LogP contribution < -0.4 is 4.89 Å². The van der Waals surface area contributed by atoms with Gasteiger partial charge >= 0.3 is 0 Å². The Balaban J connectivity index is 3.31. The largest absolute Gasteiger partial charge is 0.298 e. The summed E-state index contributed by atoms with van der Waals surface area (Å²) in [5, 5.41) is 0. The van der Waals surface area contributed by atoms with Crippen molar-refractivity contribution in [2.24, 2.45) is 0 Å².